The molecule has 0 aliphatic rings. The molecular weight excluding hydrogens is 232 g/mol. The fraction of sp³-hybridized carbons (Fsp3) is 0.769. The third kappa shape index (κ3) is 6.74. The molecule has 0 atom stereocenters. The fourth-order valence-electron chi connectivity index (χ4n) is 1.51. The zero-order valence-electron chi connectivity index (χ0n) is 11.4. The van der Waals surface area contributed by atoms with Crippen LogP contribution in [0.25, 0.3) is 0 Å². The van der Waals surface area contributed by atoms with Crippen molar-refractivity contribution in [2.45, 2.75) is 32.8 Å². The lowest BCUT2D eigenvalue weighted by Crippen LogP contribution is -2.20. The number of methoxy groups -OCH3 is 1. The molecule has 104 valence electrons. The van der Waals surface area contributed by atoms with E-state index in [0.29, 0.717) is 6.61 Å². The van der Waals surface area contributed by atoms with Crippen molar-refractivity contribution in [3.63, 3.8) is 0 Å². The van der Waals surface area contributed by atoms with E-state index in [9.17, 15) is 0 Å². The van der Waals surface area contributed by atoms with Crippen molar-refractivity contribution >= 4 is 0 Å². The Kier molecular flexibility index (Phi) is 8.46. The molecule has 0 unspecified atom stereocenters. The molecule has 0 saturated carbocycles. The molecule has 0 aliphatic heterocycles. The van der Waals surface area contributed by atoms with E-state index in [1.165, 1.54) is 0 Å². The van der Waals surface area contributed by atoms with E-state index in [4.69, 9.17) is 13.9 Å². The first kappa shape index (κ1) is 15.1. The highest BCUT2D eigenvalue weighted by Gasteiger charge is 2.03. The van der Waals surface area contributed by atoms with E-state index in [2.05, 4.69) is 17.2 Å². The van der Waals surface area contributed by atoms with Gasteiger partial charge >= 0.3 is 0 Å². The first-order chi connectivity index (χ1) is 8.86. The molecule has 1 heterocycles. The van der Waals surface area contributed by atoms with Gasteiger partial charge in [0.15, 0.2) is 5.89 Å². The average Bonchev–Trinajstić information content (AvgIpc) is 2.82. The summed E-state index contributed by atoms with van der Waals surface area (Å²) in [5.74, 6) is 1.60. The standard InChI is InChI=1S/C13H24N2O3/c1-3-8-17-11-12-10-15-13(18-12)5-4-6-14-7-9-16-2/h10,14H,3-9,11H2,1-2H3. The third-order valence-corrected chi connectivity index (χ3v) is 2.42. The molecule has 1 aromatic rings. The maximum atomic E-state index is 5.57. The minimum Gasteiger partial charge on any atom is -0.443 e. The van der Waals surface area contributed by atoms with Crippen molar-refractivity contribution in [2.24, 2.45) is 0 Å². The van der Waals surface area contributed by atoms with E-state index in [-0.39, 0.29) is 0 Å². The van der Waals surface area contributed by atoms with Crippen LogP contribution in [0, 0.1) is 0 Å². The molecule has 0 radical (unpaired) electrons. The lowest BCUT2D eigenvalue weighted by molar-refractivity contribution is 0.106. The van der Waals surface area contributed by atoms with E-state index in [0.717, 1.165) is 57.2 Å². The topological polar surface area (TPSA) is 56.5 Å². The van der Waals surface area contributed by atoms with Crippen molar-refractivity contribution in [3.8, 4) is 0 Å². The molecule has 0 aromatic carbocycles. The number of hydrogen-bond donors (Lipinski definition) is 1. The van der Waals surface area contributed by atoms with Crippen LogP contribution in [0.2, 0.25) is 0 Å². The number of nitrogens with one attached hydrogen (secondary N) is 1. The van der Waals surface area contributed by atoms with Gasteiger partial charge < -0.3 is 19.2 Å². The van der Waals surface area contributed by atoms with Crippen LogP contribution in [0.4, 0.5) is 0 Å². The number of rotatable bonds is 11. The summed E-state index contributed by atoms with van der Waals surface area (Å²) >= 11 is 0. The van der Waals surface area contributed by atoms with Gasteiger partial charge in [-0.1, -0.05) is 6.92 Å². The summed E-state index contributed by atoms with van der Waals surface area (Å²) in [4.78, 5) is 4.23. The molecule has 0 spiro atoms. The Balaban J connectivity index is 2.07. The number of hydrogen-bond acceptors (Lipinski definition) is 5. The van der Waals surface area contributed by atoms with E-state index < -0.39 is 0 Å². The van der Waals surface area contributed by atoms with E-state index >= 15 is 0 Å². The van der Waals surface area contributed by atoms with Crippen LogP contribution in [0.3, 0.4) is 0 Å². The van der Waals surface area contributed by atoms with Crippen molar-refractivity contribution in [1.29, 1.82) is 0 Å². The highest BCUT2D eigenvalue weighted by molar-refractivity contribution is 4.92. The zero-order valence-corrected chi connectivity index (χ0v) is 11.4. The predicted octanol–water partition coefficient (Wildman–Crippen LogP) is 1.77. The monoisotopic (exact) mass is 256 g/mol. The van der Waals surface area contributed by atoms with Gasteiger partial charge in [-0.2, -0.15) is 0 Å². The number of aryl methyl sites for hydroxylation is 1. The van der Waals surface area contributed by atoms with Crippen molar-refractivity contribution in [2.75, 3.05) is 33.4 Å². The third-order valence-electron chi connectivity index (χ3n) is 2.42. The summed E-state index contributed by atoms with van der Waals surface area (Å²) in [6.45, 7) is 5.96. The largest absolute Gasteiger partial charge is 0.443 e. The lowest BCUT2D eigenvalue weighted by atomic mass is 10.3. The summed E-state index contributed by atoms with van der Waals surface area (Å²) in [6.07, 6.45) is 4.64. The molecule has 0 bridgehead atoms. The fourth-order valence-corrected chi connectivity index (χ4v) is 1.51. The maximum Gasteiger partial charge on any atom is 0.194 e. The molecule has 5 heteroatoms. The molecular formula is C13H24N2O3. The van der Waals surface area contributed by atoms with Crippen molar-refractivity contribution < 1.29 is 13.9 Å². The summed E-state index contributed by atoms with van der Waals surface area (Å²) in [6, 6.07) is 0. The first-order valence-electron chi connectivity index (χ1n) is 6.57. The van der Waals surface area contributed by atoms with Gasteiger partial charge in [-0.05, 0) is 19.4 Å². The summed E-state index contributed by atoms with van der Waals surface area (Å²) in [7, 11) is 1.70. The van der Waals surface area contributed by atoms with Gasteiger partial charge in [0.25, 0.3) is 0 Å². The number of oxazole rings is 1. The molecule has 1 N–H and O–H groups in total. The van der Waals surface area contributed by atoms with Gasteiger partial charge in [-0.25, -0.2) is 4.98 Å². The molecule has 5 nitrogen and oxygen atoms in total. The molecule has 1 rings (SSSR count). The van der Waals surface area contributed by atoms with Crippen LogP contribution in [0.5, 0.6) is 0 Å². The first-order valence-corrected chi connectivity index (χ1v) is 6.57. The Morgan fingerprint density at radius 3 is 3.00 bits per heavy atom. The average molecular weight is 256 g/mol. The Hall–Kier alpha value is -0.910. The number of nitrogens with zero attached hydrogens (tertiary/aromatic N) is 1. The Morgan fingerprint density at radius 1 is 1.33 bits per heavy atom. The van der Waals surface area contributed by atoms with Gasteiger partial charge in [0.05, 0.1) is 12.8 Å². The normalized spacial score (nSPS) is 11.0. The molecule has 1 aromatic heterocycles. The number of ether oxygens (including phenoxy) is 2. The van der Waals surface area contributed by atoms with Crippen LogP contribution in [0.1, 0.15) is 31.4 Å². The summed E-state index contributed by atoms with van der Waals surface area (Å²) in [5.41, 5.74) is 0. The van der Waals surface area contributed by atoms with Gasteiger partial charge in [0, 0.05) is 26.7 Å². The highest BCUT2D eigenvalue weighted by Crippen LogP contribution is 2.07. The second-order valence-corrected chi connectivity index (χ2v) is 4.12. The molecule has 0 fully saturated rings. The molecule has 0 saturated heterocycles. The predicted molar refractivity (Wildman–Crippen MR) is 69.5 cm³/mol. The summed E-state index contributed by atoms with van der Waals surface area (Å²) in [5, 5.41) is 3.29. The maximum absolute atomic E-state index is 5.57. The van der Waals surface area contributed by atoms with Gasteiger partial charge in [-0.15, -0.1) is 0 Å². The van der Waals surface area contributed by atoms with Gasteiger partial charge in [0.1, 0.15) is 12.4 Å². The minimum absolute atomic E-state index is 0.521. The van der Waals surface area contributed by atoms with Crippen LogP contribution in [-0.4, -0.2) is 38.4 Å². The van der Waals surface area contributed by atoms with Crippen LogP contribution in [0.15, 0.2) is 10.6 Å². The molecule has 18 heavy (non-hydrogen) atoms. The zero-order chi connectivity index (χ0) is 13.1. The van der Waals surface area contributed by atoms with Gasteiger partial charge in [-0.3, -0.25) is 0 Å². The second kappa shape index (κ2) is 10.1. The molecule has 0 aliphatic carbocycles. The Bertz CT molecular complexity index is 302. The second-order valence-electron chi connectivity index (χ2n) is 4.12. The molecule has 0 amide bonds. The summed E-state index contributed by atoms with van der Waals surface area (Å²) < 4.78 is 15.9. The Labute approximate surface area is 109 Å². The van der Waals surface area contributed by atoms with Crippen LogP contribution in [-0.2, 0) is 22.5 Å². The van der Waals surface area contributed by atoms with E-state index in [1.54, 1.807) is 13.3 Å². The quantitative estimate of drug-likeness (QED) is 0.611. The number of aromatic nitrogens is 1. The van der Waals surface area contributed by atoms with E-state index in [1.807, 2.05) is 0 Å². The van der Waals surface area contributed by atoms with Crippen LogP contribution < -0.4 is 5.32 Å². The minimum atomic E-state index is 0.521. The van der Waals surface area contributed by atoms with Crippen molar-refractivity contribution in [3.05, 3.63) is 17.8 Å². The lowest BCUT2D eigenvalue weighted by Gasteiger charge is -2.02. The smallest absolute Gasteiger partial charge is 0.194 e. The SMILES string of the molecule is CCCOCc1cnc(CCCNCCOC)o1. The van der Waals surface area contributed by atoms with Gasteiger partial charge in [0.2, 0.25) is 0 Å². The Morgan fingerprint density at radius 2 is 2.22 bits per heavy atom. The highest BCUT2D eigenvalue weighted by atomic mass is 16.5. The van der Waals surface area contributed by atoms with Crippen LogP contribution >= 0.6 is 0 Å². The van der Waals surface area contributed by atoms with Crippen molar-refractivity contribution in [1.82, 2.24) is 10.3 Å².